The van der Waals surface area contributed by atoms with Crippen molar-refractivity contribution in [1.29, 1.82) is 0 Å². The van der Waals surface area contributed by atoms with E-state index in [0.29, 0.717) is 36.3 Å². The average molecular weight is 325 g/mol. The van der Waals surface area contributed by atoms with Gasteiger partial charge in [0.25, 0.3) is 0 Å². The summed E-state index contributed by atoms with van der Waals surface area (Å²) in [6.45, 7) is 1.01. The molecule has 0 spiro atoms. The highest BCUT2D eigenvalue weighted by Gasteiger charge is 2.17. The summed E-state index contributed by atoms with van der Waals surface area (Å²) in [5, 5.41) is 6.23. The fourth-order valence-electron chi connectivity index (χ4n) is 2.63. The number of nitrogens with zero attached hydrogens (tertiary/aromatic N) is 1. The molecule has 2 amide bonds. The molecule has 0 saturated heterocycles. The summed E-state index contributed by atoms with van der Waals surface area (Å²) in [6.07, 6.45) is 6.80. The van der Waals surface area contributed by atoms with Gasteiger partial charge in [-0.25, -0.2) is 4.98 Å². The Morgan fingerprint density at radius 2 is 2.05 bits per heavy atom. The van der Waals surface area contributed by atoms with E-state index >= 15 is 0 Å². The lowest BCUT2D eigenvalue weighted by Gasteiger charge is -2.11. The number of carbonyl (C=O) groups is 2. The van der Waals surface area contributed by atoms with Crippen LogP contribution in [0.1, 0.15) is 42.5 Å². The normalized spacial score (nSPS) is 14.8. The van der Waals surface area contributed by atoms with Crippen molar-refractivity contribution in [3.63, 3.8) is 0 Å². The number of pyridine rings is 1. The zero-order valence-electron chi connectivity index (χ0n) is 12.4. The highest BCUT2D eigenvalue weighted by Crippen LogP contribution is 2.27. The van der Waals surface area contributed by atoms with Gasteiger partial charge in [0, 0.05) is 25.7 Å². The molecule has 4 N–H and O–H groups in total. The Morgan fingerprint density at radius 1 is 1.32 bits per heavy atom. The molecule has 120 valence electrons. The number of primary amides is 1. The molecule has 6 nitrogen and oxygen atoms in total. The maximum Gasteiger partial charge on any atom is 0.250 e. The smallest absolute Gasteiger partial charge is 0.250 e. The van der Waals surface area contributed by atoms with E-state index in [1.54, 1.807) is 0 Å². The van der Waals surface area contributed by atoms with Gasteiger partial charge in [-0.1, -0.05) is 24.4 Å². The van der Waals surface area contributed by atoms with E-state index in [0.717, 1.165) is 12.8 Å². The van der Waals surface area contributed by atoms with Crippen LogP contribution >= 0.6 is 11.6 Å². The van der Waals surface area contributed by atoms with Gasteiger partial charge >= 0.3 is 0 Å². The number of carbonyl (C=O) groups excluding carboxylic acids is 2. The van der Waals surface area contributed by atoms with Crippen molar-refractivity contribution in [3.05, 3.63) is 22.8 Å². The first kappa shape index (κ1) is 16.5. The molecule has 1 aliphatic carbocycles. The Kier molecular flexibility index (Phi) is 6.00. The van der Waals surface area contributed by atoms with Crippen LogP contribution in [0.5, 0.6) is 0 Å². The molecule has 1 aliphatic rings. The summed E-state index contributed by atoms with van der Waals surface area (Å²) in [4.78, 5) is 26.8. The predicted molar refractivity (Wildman–Crippen MR) is 85.8 cm³/mol. The highest BCUT2D eigenvalue weighted by atomic mass is 35.5. The third-order valence-corrected chi connectivity index (χ3v) is 4.10. The van der Waals surface area contributed by atoms with E-state index in [9.17, 15) is 9.59 Å². The molecule has 1 aromatic rings. The molecule has 0 atom stereocenters. The molecule has 0 aliphatic heterocycles. The number of nitrogens with two attached hydrogens (primary N) is 1. The minimum Gasteiger partial charge on any atom is -0.367 e. The minimum absolute atomic E-state index is 0.0943. The van der Waals surface area contributed by atoms with E-state index in [2.05, 4.69) is 15.6 Å². The molecule has 1 saturated carbocycles. The summed E-state index contributed by atoms with van der Waals surface area (Å²) in [6, 6.07) is 1.47. The Labute approximate surface area is 134 Å². The summed E-state index contributed by atoms with van der Waals surface area (Å²) in [7, 11) is 0. The Hall–Kier alpha value is -1.82. The van der Waals surface area contributed by atoms with Crippen LogP contribution in [0.3, 0.4) is 0 Å². The maximum atomic E-state index is 11.8. The van der Waals surface area contributed by atoms with Crippen molar-refractivity contribution in [3.8, 4) is 0 Å². The van der Waals surface area contributed by atoms with Gasteiger partial charge in [-0.3, -0.25) is 9.59 Å². The summed E-state index contributed by atoms with van der Waals surface area (Å²) in [5.41, 5.74) is 5.41. The Bertz CT molecular complexity index is 544. The average Bonchev–Trinajstić information content (AvgIpc) is 2.97. The summed E-state index contributed by atoms with van der Waals surface area (Å²) < 4.78 is 0. The fraction of sp³-hybridized carbons (Fsp3) is 0.533. The van der Waals surface area contributed by atoms with E-state index in [-0.39, 0.29) is 11.5 Å². The number of amides is 2. The van der Waals surface area contributed by atoms with Crippen LogP contribution in [0.15, 0.2) is 12.3 Å². The first-order chi connectivity index (χ1) is 10.6. The lowest BCUT2D eigenvalue weighted by Crippen LogP contribution is -2.30. The van der Waals surface area contributed by atoms with Crippen LogP contribution in [-0.4, -0.2) is 29.9 Å². The van der Waals surface area contributed by atoms with Gasteiger partial charge in [-0.05, 0) is 24.8 Å². The lowest BCUT2D eigenvalue weighted by atomic mass is 10.0. The number of hydrogen-bond acceptors (Lipinski definition) is 4. The molecule has 22 heavy (non-hydrogen) atoms. The molecule has 1 heterocycles. The monoisotopic (exact) mass is 324 g/mol. The van der Waals surface area contributed by atoms with Crippen LogP contribution < -0.4 is 16.4 Å². The predicted octanol–water partition coefficient (Wildman–Crippen LogP) is 1.94. The van der Waals surface area contributed by atoms with Crippen molar-refractivity contribution in [1.82, 2.24) is 10.3 Å². The lowest BCUT2D eigenvalue weighted by molar-refractivity contribution is -0.121. The molecule has 2 rings (SSSR count). The zero-order chi connectivity index (χ0) is 15.9. The number of rotatable bonds is 7. The van der Waals surface area contributed by atoms with Crippen LogP contribution in [0.2, 0.25) is 5.02 Å². The van der Waals surface area contributed by atoms with Crippen molar-refractivity contribution < 1.29 is 9.59 Å². The van der Waals surface area contributed by atoms with E-state index < -0.39 is 5.91 Å². The molecule has 0 bridgehead atoms. The molecule has 1 fully saturated rings. The molecule has 7 heteroatoms. The van der Waals surface area contributed by atoms with Crippen LogP contribution in [0.4, 0.5) is 5.82 Å². The Balaban J connectivity index is 1.69. The molecular weight excluding hydrogens is 304 g/mol. The fourth-order valence-corrected chi connectivity index (χ4v) is 2.87. The van der Waals surface area contributed by atoms with Gasteiger partial charge < -0.3 is 16.4 Å². The molecular formula is C15H21ClN4O2. The largest absolute Gasteiger partial charge is 0.367 e. The third kappa shape index (κ3) is 4.87. The van der Waals surface area contributed by atoms with Crippen LogP contribution in [0.25, 0.3) is 0 Å². The van der Waals surface area contributed by atoms with Gasteiger partial charge in [-0.15, -0.1) is 0 Å². The van der Waals surface area contributed by atoms with Crippen molar-refractivity contribution in [2.75, 3.05) is 18.4 Å². The summed E-state index contributed by atoms with van der Waals surface area (Å²) >= 11 is 6.01. The number of hydrogen-bond donors (Lipinski definition) is 3. The van der Waals surface area contributed by atoms with Crippen LogP contribution in [-0.2, 0) is 4.79 Å². The van der Waals surface area contributed by atoms with Crippen LogP contribution in [0, 0.1) is 5.92 Å². The third-order valence-electron chi connectivity index (χ3n) is 3.81. The standard InChI is InChI=1S/C15H21ClN4O2/c16-12-8-11(14(17)22)9-20-15(12)19-6-5-18-13(21)7-10-3-1-2-4-10/h8-10H,1-7H2,(H2,17,22)(H,18,21)(H,19,20). The molecule has 0 unspecified atom stereocenters. The second kappa shape index (κ2) is 7.98. The van der Waals surface area contributed by atoms with Crippen molar-refractivity contribution in [2.24, 2.45) is 11.7 Å². The number of halogens is 1. The topological polar surface area (TPSA) is 97.1 Å². The van der Waals surface area contributed by atoms with Gasteiger partial charge in [0.2, 0.25) is 11.8 Å². The quantitative estimate of drug-likeness (QED) is 0.668. The van der Waals surface area contributed by atoms with E-state index in [4.69, 9.17) is 17.3 Å². The SMILES string of the molecule is NC(=O)c1cnc(NCCNC(=O)CC2CCCC2)c(Cl)c1. The second-order valence-corrected chi connectivity index (χ2v) is 5.96. The van der Waals surface area contributed by atoms with Gasteiger partial charge in [-0.2, -0.15) is 0 Å². The molecule has 0 radical (unpaired) electrons. The van der Waals surface area contributed by atoms with E-state index in [1.807, 2.05) is 0 Å². The van der Waals surface area contributed by atoms with Crippen molar-refractivity contribution in [2.45, 2.75) is 32.1 Å². The first-order valence-electron chi connectivity index (χ1n) is 7.52. The van der Waals surface area contributed by atoms with Gasteiger partial charge in [0.05, 0.1) is 10.6 Å². The number of nitrogens with one attached hydrogen (secondary N) is 2. The van der Waals surface area contributed by atoms with Crippen molar-refractivity contribution >= 4 is 29.2 Å². The number of aromatic nitrogens is 1. The maximum absolute atomic E-state index is 11.8. The first-order valence-corrected chi connectivity index (χ1v) is 7.90. The van der Waals surface area contributed by atoms with Gasteiger partial charge in [0.15, 0.2) is 0 Å². The zero-order valence-corrected chi connectivity index (χ0v) is 13.2. The minimum atomic E-state index is -0.569. The second-order valence-electron chi connectivity index (χ2n) is 5.55. The number of anilines is 1. The molecule has 0 aromatic carbocycles. The van der Waals surface area contributed by atoms with E-state index in [1.165, 1.54) is 25.1 Å². The highest BCUT2D eigenvalue weighted by molar-refractivity contribution is 6.33. The summed E-state index contributed by atoms with van der Waals surface area (Å²) in [5.74, 6) is 0.541. The Morgan fingerprint density at radius 3 is 2.68 bits per heavy atom. The van der Waals surface area contributed by atoms with Gasteiger partial charge in [0.1, 0.15) is 5.82 Å². The molecule has 1 aromatic heterocycles.